The van der Waals surface area contributed by atoms with Crippen LogP contribution in [0.15, 0.2) is 30.5 Å². The van der Waals surface area contributed by atoms with Gasteiger partial charge in [-0.2, -0.15) is 0 Å². The second-order valence-electron chi connectivity index (χ2n) is 4.43. The highest BCUT2D eigenvalue weighted by Gasteiger charge is 2.13. The van der Waals surface area contributed by atoms with Crippen LogP contribution in [0.3, 0.4) is 0 Å². The second-order valence-corrected chi connectivity index (χ2v) is 7.56. The molecule has 0 unspecified atom stereocenters. The molecule has 0 bridgehead atoms. The molecule has 0 aliphatic rings. The summed E-state index contributed by atoms with van der Waals surface area (Å²) in [6.45, 7) is 2.03. The quantitative estimate of drug-likeness (QED) is 0.843. The zero-order chi connectivity index (χ0) is 15.5. The second kappa shape index (κ2) is 6.33. The van der Waals surface area contributed by atoms with E-state index in [1.54, 1.807) is 12.3 Å². The predicted molar refractivity (Wildman–Crippen MR) is 79.7 cm³/mol. The monoisotopic (exact) mass is 326 g/mol. The van der Waals surface area contributed by atoms with Gasteiger partial charge in [0.25, 0.3) is 0 Å². The third-order valence-electron chi connectivity index (χ3n) is 2.67. The van der Waals surface area contributed by atoms with Crippen molar-refractivity contribution in [1.29, 1.82) is 0 Å². The number of aromatic carboxylic acids is 1. The largest absolute Gasteiger partial charge is 0.478 e. The van der Waals surface area contributed by atoms with E-state index in [1.807, 2.05) is 6.92 Å². The number of hydrogen-bond donors (Lipinski definition) is 2. The zero-order valence-corrected chi connectivity index (χ0v) is 12.9. The highest BCUT2D eigenvalue weighted by atomic mass is 32.2. The molecule has 0 spiro atoms. The maximum Gasteiger partial charge on any atom is 0.335 e. The summed E-state index contributed by atoms with van der Waals surface area (Å²) in [4.78, 5) is 15.7. The van der Waals surface area contributed by atoms with Crippen LogP contribution in [0.1, 0.15) is 25.8 Å². The number of aryl methyl sites for hydroxylation is 1. The molecule has 1 heterocycles. The minimum Gasteiger partial charge on any atom is -0.478 e. The van der Waals surface area contributed by atoms with E-state index in [0.717, 1.165) is 9.88 Å². The van der Waals surface area contributed by atoms with Crippen molar-refractivity contribution in [3.63, 3.8) is 0 Å². The number of nitrogens with zero attached hydrogens (tertiary/aromatic N) is 1. The van der Waals surface area contributed by atoms with Gasteiger partial charge in [0.15, 0.2) is 0 Å². The first-order valence-corrected chi connectivity index (χ1v) is 8.53. The van der Waals surface area contributed by atoms with E-state index in [2.05, 4.69) is 9.71 Å². The van der Waals surface area contributed by atoms with Crippen LogP contribution < -0.4 is 4.72 Å². The molecule has 0 radical (unpaired) electrons. The summed E-state index contributed by atoms with van der Waals surface area (Å²) in [5.41, 5.74) is 0.503. The average molecular weight is 326 g/mol. The minimum atomic E-state index is -3.53. The molecule has 6 nitrogen and oxygen atoms in total. The first-order valence-electron chi connectivity index (χ1n) is 6.06. The molecule has 2 aromatic rings. The average Bonchev–Trinajstić information content (AvgIpc) is 2.82. The molecule has 0 saturated heterocycles. The van der Waals surface area contributed by atoms with E-state index in [1.165, 1.54) is 29.5 Å². The van der Waals surface area contributed by atoms with Gasteiger partial charge in [-0.15, -0.1) is 11.3 Å². The number of aromatic nitrogens is 1. The lowest BCUT2D eigenvalue weighted by atomic mass is 10.1. The molecule has 8 heteroatoms. The summed E-state index contributed by atoms with van der Waals surface area (Å²) in [6, 6.07) is 5.90. The molecule has 0 fully saturated rings. The van der Waals surface area contributed by atoms with Crippen LogP contribution in [0.25, 0.3) is 0 Å². The van der Waals surface area contributed by atoms with E-state index in [9.17, 15) is 13.2 Å². The Kier molecular flexibility index (Phi) is 4.71. The van der Waals surface area contributed by atoms with E-state index < -0.39 is 16.0 Å². The Morgan fingerprint density at radius 2 is 2.19 bits per heavy atom. The fourth-order valence-corrected chi connectivity index (χ4v) is 3.65. The van der Waals surface area contributed by atoms with Gasteiger partial charge in [0.2, 0.25) is 10.0 Å². The van der Waals surface area contributed by atoms with Gasteiger partial charge < -0.3 is 5.11 Å². The van der Waals surface area contributed by atoms with Gasteiger partial charge in [0.1, 0.15) is 0 Å². The van der Waals surface area contributed by atoms with E-state index >= 15 is 0 Å². The lowest BCUT2D eigenvalue weighted by molar-refractivity contribution is 0.0696. The number of rotatable bonds is 6. The van der Waals surface area contributed by atoms with Gasteiger partial charge in [-0.05, 0) is 24.6 Å². The van der Waals surface area contributed by atoms with Gasteiger partial charge >= 0.3 is 5.97 Å². The topological polar surface area (TPSA) is 96.4 Å². The molecule has 1 aromatic heterocycles. The number of thiazole rings is 1. The Hall–Kier alpha value is -1.77. The van der Waals surface area contributed by atoms with Gasteiger partial charge in [-0.1, -0.05) is 12.1 Å². The number of benzene rings is 1. The van der Waals surface area contributed by atoms with Crippen molar-refractivity contribution < 1.29 is 18.3 Å². The molecule has 2 N–H and O–H groups in total. The molecule has 1 aromatic carbocycles. The van der Waals surface area contributed by atoms with Crippen molar-refractivity contribution in [2.24, 2.45) is 0 Å². The first-order chi connectivity index (χ1) is 9.85. The molecule has 0 saturated carbocycles. The van der Waals surface area contributed by atoms with E-state index in [0.29, 0.717) is 5.56 Å². The molecule has 112 valence electrons. The van der Waals surface area contributed by atoms with Crippen LogP contribution in [0.5, 0.6) is 0 Å². The maximum atomic E-state index is 12.0. The van der Waals surface area contributed by atoms with Crippen molar-refractivity contribution in [2.75, 3.05) is 0 Å². The molecular formula is C13H14N2O4S2. The van der Waals surface area contributed by atoms with Crippen molar-refractivity contribution >= 4 is 27.3 Å². The van der Waals surface area contributed by atoms with Gasteiger partial charge in [0, 0.05) is 17.6 Å². The predicted octanol–water partition coefficient (Wildman–Crippen LogP) is 1.77. The van der Waals surface area contributed by atoms with E-state index in [4.69, 9.17) is 5.11 Å². The summed E-state index contributed by atoms with van der Waals surface area (Å²) in [5, 5.41) is 9.76. The summed E-state index contributed by atoms with van der Waals surface area (Å²) < 4.78 is 26.5. The summed E-state index contributed by atoms with van der Waals surface area (Å²) in [5.74, 6) is -1.34. The van der Waals surface area contributed by atoms with Crippen LogP contribution in [0.2, 0.25) is 0 Å². The van der Waals surface area contributed by atoms with Crippen molar-refractivity contribution in [2.45, 2.75) is 19.2 Å². The Labute approximate surface area is 126 Å². The lowest BCUT2D eigenvalue weighted by Crippen LogP contribution is -2.24. The molecule has 0 atom stereocenters. The number of carboxylic acids is 1. The lowest BCUT2D eigenvalue weighted by Gasteiger charge is -2.06. The third kappa shape index (κ3) is 4.62. The van der Waals surface area contributed by atoms with E-state index in [-0.39, 0.29) is 17.9 Å². The Balaban J connectivity index is 2.03. The maximum absolute atomic E-state index is 12.0. The molecular weight excluding hydrogens is 312 g/mol. The van der Waals surface area contributed by atoms with Crippen LogP contribution in [-0.2, 0) is 22.3 Å². The molecule has 2 rings (SSSR count). The summed E-state index contributed by atoms with van der Waals surface area (Å²) in [7, 11) is -3.53. The SMILES string of the molecule is Cc1ncc(CNS(=O)(=O)Cc2cccc(C(=O)O)c2)s1. The highest BCUT2D eigenvalue weighted by Crippen LogP contribution is 2.13. The van der Waals surface area contributed by atoms with Crippen LogP contribution in [0, 0.1) is 6.92 Å². The number of carboxylic acid groups (broad SMARTS) is 1. The Bertz CT molecular complexity index is 753. The summed E-state index contributed by atoms with van der Waals surface area (Å²) >= 11 is 1.43. The molecule has 0 amide bonds. The summed E-state index contributed by atoms with van der Waals surface area (Å²) in [6.07, 6.45) is 1.63. The number of sulfonamides is 1. The molecule has 21 heavy (non-hydrogen) atoms. The number of hydrogen-bond acceptors (Lipinski definition) is 5. The fourth-order valence-electron chi connectivity index (χ4n) is 1.73. The highest BCUT2D eigenvalue weighted by molar-refractivity contribution is 7.88. The van der Waals surface area contributed by atoms with Crippen molar-refractivity contribution in [1.82, 2.24) is 9.71 Å². The molecule has 0 aliphatic heterocycles. The number of nitrogens with one attached hydrogen (secondary N) is 1. The van der Waals surface area contributed by atoms with Gasteiger partial charge in [0.05, 0.1) is 16.3 Å². The van der Waals surface area contributed by atoms with Crippen LogP contribution >= 0.6 is 11.3 Å². The normalized spacial score (nSPS) is 11.5. The van der Waals surface area contributed by atoms with Crippen molar-refractivity contribution in [3.05, 3.63) is 51.5 Å². The van der Waals surface area contributed by atoms with Gasteiger partial charge in [-0.25, -0.2) is 22.9 Å². The van der Waals surface area contributed by atoms with Crippen LogP contribution in [0.4, 0.5) is 0 Å². The minimum absolute atomic E-state index is 0.0702. The van der Waals surface area contributed by atoms with Crippen molar-refractivity contribution in [3.8, 4) is 0 Å². The van der Waals surface area contributed by atoms with Crippen LogP contribution in [-0.4, -0.2) is 24.5 Å². The Morgan fingerprint density at radius 3 is 2.81 bits per heavy atom. The Morgan fingerprint density at radius 1 is 1.43 bits per heavy atom. The molecule has 0 aliphatic carbocycles. The first kappa shape index (κ1) is 15.6. The number of carbonyl (C=O) groups is 1. The van der Waals surface area contributed by atoms with Gasteiger partial charge in [-0.3, -0.25) is 0 Å². The third-order valence-corrected chi connectivity index (χ3v) is 4.88. The smallest absolute Gasteiger partial charge is 0.335 e. The fraction of sp³-hybridized carbons (Fsp3) is 0.231. The zero-order valence-electron chi connectivity index (χ0n) is 11.2. The standard InChI is InChI=1S/C13H14N2O4S2/c1-9-14-6-12(20-9)7-15-21(18,19)8-10-3-2-4-11(5-10)13(16)17/h2-6,15H,7-8H2,1H3,(H,16,17).